The first-order chi connectivity index (χ1) is 12.6. The number of nitrogens with zero attached hydrogens (tertiary/aromatic N) is 1. The number of amides is 1. The summed E-state index contributed by atoms with van der Waals surface area (Å²) in [5.74, 6) is 3.65. The Hall–Kier alpha value is -1.84. The van der Waals surface area contributed by atoms with E-state index in [0.717, 1.165) is 55.5 Å². The zero-order chi connectivity index (χ0) is 18.1. The van der Waals surface area contributed by atoms with Crippen LogP contribution in [0.1, 0.15) is 55.3 Å². The molecule has 2 bridgehead atoms. The number of ether oxygens (including phenoxy) is 1. The van der Waals surface area contributed by atoms with Crippen LogP contribution in [-0.2, 0) is 4.79 Å². The Morgan fingerprint density at radius 1 is 1.04 bits per heavy atom. The molecular formula is C22H29NO3. The van der Waals surface area contributed by atoms with Crippen LogP contribution >= 0.6 is 0 Å². The first kappa shape index (κ1) is 17.6. The molecule has 3 unspecified atom stereocenters. The van der Waals surface area contributed by atoms with E-state index in [1.165, 1.54) is 25.7 Å². The molecule has 4 nitrogen and oxygen atoms in total. The number of methoxy groups -OCH3 is 1. The van der Waals surface area contributed by atoms with E-state index >= 15 is 0 Å². The third-order valence-corrected chi connectivity index (χ3v) is 6.91. The van der Waals surface area contributed by atoms with E-state index in [0.29, 0.717) is 11.8 Å². The lowest BCUT2D eigenvalue weighted by atomic mass is 9.85. The number of piperidine rings is 1. The minimum atomic E-state index is 0.0370. The largest absolute Gasteiger partial charge is 0.497 e. The lowest BCUT2D eigenvalue weighted by Crippen LogP contribution is -2.41. The second-order valence-electron chi connectivity index (χ2n) is 8.39. The molecule has 2 saturated carbocycles. The smallest absolute Gasteiger partial charge is 0.222 e. The molecule has 4 heteroatoms. The second-order valence-corrected chi connectivity index (χ2v) is 8.39. The Bertz CT molecular complexity index is 660. The minimum absolute atomic E-state index is 0.0370. The Balaban J connectivity index is 1.27. The Labute approximate surface area is 155 Å². The van der Waals surface area contributed by atoms with Gasteiger partial charge in [0.1, 0.15) is 5.75 Å². The Morgan fingerprint density at radius 2 is 1.77 bits per heavy atom. The normalized spacial score (nSPS) is 28.3. The molecule has 3 fully saturated rings. The van der Waals surface area contributed by atoms with Crippen molar-refractivity contribution in [2.45, 2.75) is 44.9 Å². The summed E-state index contributed by atoms with van der Waals surface area (Å²) < 4.78 is 5.15. The van der Waals surface area contributed by atoms with E-state index in [2.05, 4.69) is 0 Å². The lowest BCUT2D eigenvalue weighted by molar-refractivity contribution is -0.133. The molecule has 1 amide bonds. The molecule has 3 aliphatic rings. The number of rotatable bonds is 5. The van der Waals surface area contributed by atoms with Gasteiger partial charge >= 0.3 is 0 Å². The van der Waals surface area contributed by atoms with Crippen LogP contribution in [0.15, 0.2) is 24.3 Å². The fraction of sp³-hybridized carbons (Fsp3) is 0.636. The molecular weight excluding hydrogens is 326 g/mol. The SMILES string of the molecule is COc1ccc(C(=O)C2CCN(C(=O)CC3CC4CCC3C4)CC2)cc1. The molecule has 2 aliphatic carbocycles. The molecule has 3 atom stereocenters. The van der Waals surface area contributed by atoms with Crippen LogP contribution in [0.2, 0.25) is 0 Å². The quantitative estimate of drug-likeness (QED) is 0.752. The highest BCUT2D eigenvalue weighted by atomic mass is 16.5. The number of hydrogen-bond acceptors (Lipinski definition) is 3. The van der Waals surface area contributed by atoms with Gasteiger partial charge in [0.15, 0.2) is 5.78 Å². The van der Waals surface area contributed by atoms with Crippen LogP contribution in [0, 0.1) is 23.7 Å². The summed E-state index contributed by atoms with van der Waals surface area (Å²) in [6.07, 6.45) is 7.65. The molecule has 140 valence electrons. The van der Waals surface area contributed by atoms with E-state index in [1.54, 1.807) is 7.11 Å². The van der Waals surface area contributed by atoms with E-state index in [4.69, 9.17) is 4.74 Å². The highest BCUT2D eigenvalue weighted by Gasteiger charge is 2.41. The zero-order valence-electron chi connectivity index (χ0n) is 15.7. The number of Topliss-reactive ketones (excluding diaryl/α,β-unsaturated/α-hetero) is 1. The van der Waals surface area contributed by atoms with Crippen molar-refractivity contribution in [3.63, 3.8) is 0 Å². The van der Waals surface area contributed by atoms with Crippen LogP contribution in [0.25, 0.3) is 0 Å². The molecule has 0 spiro atoms. The molecule has 0 N–H and O–H groups in total. The van der Waals surface area contributed by atoms with E-state index < -0.39 is 0 Å². The van der Waals surface area contributed by atoms with Crippen LogP contribution < -0.4 is 4.74 Å². The van der Waals surface area contributed by atoms with Crippen LogP contribution in [0.5, 0.6) is 5.75 Å². The first-order valence-electron chi connectivity index (χ1n) is 10.1. The van der Waals surface area contributed by atoms with Crippen molar-refractivity contribution in [3.8, 4) is 5.75 Å². The molecule has 26 heavy (non-hydrogen) atoms. The summed E-state index contributed by atoms with van der Waals surface area (Å²) in [6.45, 7) is 1.46. The number of carbonyl (C=O) groups is 2. The number of hydrogen-bond donors (Lipinski definition) is 0. The number of fused-ring (bicyclic) bond motifs is 2. The molecule has 0 radical (unpaired) electrons. The van der Waals surface area contributed by atoms with Gasteiger partial charge in [-0.3, -0.25) is 9.59 Å². The second kappa shape index (κ2) is 7.42. The Kier molecular flexibility index (Phi) is 5.01. The summed E-state index contributed by atoms with van der Waals surface area (Å²) >= 11 is 0. The maximum atomic E-state index is 12.7. The average Bonchev–Trinajstić information content (AvgIpc) is 3.31. The van der Waals surface area contributed by atoms with Crippen molar-refractivity contribution in [2.24, 2.45) is 23.7 Å². The van der Waals surface area contributed by atoms with Crippen LogP contribution in [0.3, 0.4) is 0 Å². The maximum absolute atomic E-state index is 12.7. The first-order valence-corrected chi connectivity index (χ1v) is 10.1. The van der Waals surface area contributed by atoms with Gasteiger partial charge in [0.2, 0.25) is 5.91 Å². The molecule has 1 aromatic rings. The summed E-state index contributed by atoms with van der Waals surface area (Å²) in [6, 6.07) is 7.35. The van der Waals surface area contributed by atoms with E-state index in [1.807, 2.05) is 29.2 Å². The predicted molar refractivity (Wildman–Crippen MR) is 100 cm³/mol. The number of carbonyl (C=O) groups excluding carboxylic acids is 2. The van der Waals surface area contributed by atoms with Crippen molar-refractivity contribution < 1.29 is 14.3 Å². The average molecular weight is 355 g/mol. The molecule has 0 aromatic heterocycles. The number of benzene rings is 1. The fourth-order valence-corrected chi connectivity index (χ4v) is 5.36. The highest BCUT2D eigenvalue weighted by Crippen LogP contribution is 2.49. The lowest BCUT2D eigenvalue weighted by Gasteiger charge is -2.33. The third-order valence-electron chi connectivity index (χ3n) is 6.91. The number of ketones is 1. The van der Waals surface area contributed by atoms with Gasteiger partial charge in [0.25, 0.3) is 0 Å². The summed E-state index contributed by atoms with van der Waals surface area (Å²) in [7, 11) is 1.63. The van der Waals surface area contributed by atoms with Gasteiger partial charge < -0.3 is 9.64 Å². The molecule has 1 saturated heterocycles. The van der Waals surface area contributed by atoms with Crippen LogP contribution in [0.4, 0.5) is 0 Å². The van der Waals surface area contributed by atoms with Gasteiger partial charge in [-0.05, 0) is 74.1 Å². The van der Waals surface area contributed by atoms with Crippen LogP contribution in [-0.4, -0.2) is 36.8 Å². The predicted octanol–water partition coefficient (Wildman–Crippen LogP) is 3.94. The summed E-state index contributed by atoms with van der Waals surface area (Å²) in [4.78, 5) is 27.4. The van der Waals surface area contributed by atoms with Gasteiger partial charge in [-0.25, -0.2) is 0 Å². The van der Waals surface area contributed by atoms with Crippen molar-refractivity contribution in [3.05, 3.63) is 29.8 Å². The van der Waals surface area contributed by atoms with Gasteiger partial charge in [0.05, 0.1) is 7.11 Å². The third kappa shape index (κ3) is 3.51. The van der Waals surface area contributed by atoms with Crippen molar-refractivity contribution >= 4 is 11.7 Å². The van der Waals surface area contributed by atoms with E-state index in [-0.39, 0.29) is 11.7 Å². The minimum Gasteiger partial charge on any atom is -0.497 e. The topological polar surface area (TPSA) is 46.6 Å². The van der Waals surface area contributed by atoms with Gasteiger partial charge in [0, 0.05) is 31.0 Å². The van der Waals surface area contributed by atoms with Crippen molar-refractivity contribution in [1.82, 2.24) is 4.90 Å². The van der Waals surface area contributed by atoms with Crippen molar-refractivity contribution in [1.29, 1.82) is 0 Å². The van der Waals surface area contributed by atoms with E-state index in [9.17, 15) is 9.59 Å². The van der Waals surface area contributed by atoms with Crippen molar-refractivity contribution in [2.75, 3.05) is 20.2 Å². The Morgan fingerprint density at radius 3 is 2.35 bits per heavy atom. The van der Waals surface area contributed by atoms with Gasteiger partial charge in [-0.1, -0.05) is 6.42 Å². The molecule has 4 rings (SSSR count). The maximum Gasteiger partial charge on any atom is 0.222 e. The molecule has 1 aliphatic heterocycles. The monoisotopic (exact) mass is 355 g/mol. The summed E-state index contributed by atoms with van der Waals surface area (Å²) in [5.41, 5.74) is 0.748. The standard InChI is InChI=1S/C22H29NO3/c1-26-20-6-4-16(5-7-20)22(25)17-8-10-23(11-9-17)21(24)14-19-13-15-2-3-18(19)12-15/h4-7,15,17-19H,2-3,8-14H2,1H3. The highest BCUT2D eigenvalue weighted by molar-refractivity contribution is 5.98. The van der Waals surface area contributed by atoms with Gasteiger partial charge in [-0.2, -0.15) is 0 Å². The molecule has 1 aromatic carbocycles. The fourth-order valence-electron chi connectivity index (χ4n) is 5.36. The zero-order valence-corrected chi connectivity index (χ0v) is 15.7. The summed E-state index contributed by atoms with van der Waals surface area (Å²) in [5, 5.41) is 0. The number of likely N-dealkylation sites (tertiary alicyclic amines) is 1. The van der Waals surface area contributed by atoms with Gasteiger partial charge in [-0.15, -0.1) is 0 Å². The molecule has 1 heterocycles.